The lowest BCUT2D eigenvalue weighted by atomic mass is 10.1. The number of nitrogens with one attached hydrogen (secondary N) is 1. The Hall–Kier alpha value is -3.65. The molecule has 1 heterocycles. The molecule has 0 aliphatic heterocycles. The number of benzene rings is 2. The van der Waals surface area contributed by atoms with E-state index in [-0.39, 0.29) is 11.4 Å². The Morgan fingerprint density at radius 2 is 1.82 bits per heavy atom. The van der Waals surface area contributed by atoms with E-state index in [0.717, 1.165) is 17.0 Å². The van der Waals surface area contributed by atoms with Crippen LogP contribution in [0.2, 0.25) is 0 Å². The first kappa shape index (κ1) is 19.1. The van der Waals surface area contributed by atoms with Gasteiger partial charge in [-0.1, -0.05) is 42.5 Å². The van der Waals surface area contributed by atoms with Gasteiger partial charge in [0.05, 0.1) is 5.69 Å². The summed E-state index contributed by atoms with van der Waals surface area (Å²) in [5.74, 6) is -0.775. The molecule has 1 amide bonds. The van der Waals surface area contributed by atoms with Gasteiger partial charge in [0.15, 0.2) is 0 Å². The molecule has 4 nitrogen and oxygen atoms in total. The van der Waals surface area contributed by atoms with Gasteiger partial charge in [0.25, 0.3) is 5.91 Å². The van der Waals surface area contributed by atoms with E-state index >= 15 is 0 Å². The Labute approximate surface area is 163 Å². The van der Waals surface area contributed by atoms with Crippen LogP contribution in [0, 0.1) is 31.0 Å². The number of nitrogens with zero attached hydrogens (tertiary/aromatic N) is 2. The van der Waals surface area contributed by atoms with Crippen LogP contribution in [0.1, 0.15) is 22.5 Å². The second-order valence-corrected chi connectivity index (χ2v) is 6.45. The second-order valence-electron chi connectivity index (χ2n) is 6.45. The molecule has 1 aromatic heterocycles. The van der Waals surface area contributed by atoms with Gasteiger partial charge >= 0.3 is 0 Å². The van der Waals surface area contributed by atoms with Gasteiger partial charge in [-0.15, -0.1) is 0 Å². The molecule has 0 radical (unpaired) electrons. The molecule has 0 spiro atoms. The number of aromatic nitrogens is 1. The Morgan fingerprint density at radius 3 is 2.50 bits per heavy atom. The van der Waals surface area contributed by atoms with Crippen LogP contribution in [-0.4, -0.2) is 10.5 Å². The maximum absolute atomic E-state index is 14.2. The van der Waals surface area contributed by atoms with Gasteiger partial charge in [-0.2, -0.15) is 5.26 Å². The fourth-order valence-corrected chi connectivity index (χ4v) is 3.12. The van der Waals surface area contributed by atoms with Crippen molar-refractivity contribution in [2.75, 3.05) is 0 Å². The third-order valence-corrected chi connectivity index (χ3v) is 4.52. The number of hydrogen-bond donors (Lipinski definition) is 1. The molecule has 5 heteroatoms. The monoisotopic (exact) mass is 373 g/mol. The van der Waals surface area contributed by atoms with Crippen LogP contribution in [-0.2, 0) is 11.3 Å². The smallest absolute Gasteiger partial charge is 0.262 e. The van der Waals surface area contributed by atoms with E-state index < -0.39 is 5.91 Å². The molecule has 0 aliphatic carbocycles. The van der Waals surface area contributed by atoms with Crippen molar-refractivity contribution >= 4 is 12.0 Å². The first-order valence-electron chi connectivity index (χ1n) is 8.89. The summed E-state index contributed by atoms with van der Waals surface area (Å²) >= 11 is 0. The lowest BCUT2D eigenvalue weighted by Gasteiger charge is -2.10. The maximum atomic E-state index is 14.2. The average molecular weight is 373 g/mol. The number of rotatable bonds is 5. The van der Waals surface area contributed by atoms with Crippen LogP contribution < -0.4 is 5.32 Å². The van der Waals surface area contributed by atoms with Crippen LogP contribution in [0.4, 0.5) is 4.39 Å². The summed E-state index contributed by atoms with van der Waals surface area (Å²) in [4.78, 5) is 12.4. The predicted octanol–water partition coefficient (Wildman–Crippen LogP) is 4.46. The normalized spacial score (nSPS) is 11.1. The van der Waals surface area contributed by atoms with E-state index in [4.69, 9.17) is 0 Å². The summed E-state index contributed by atoms with van der Waals surface area (Å²) in [5, 5.41) is 12.2. The zero-order valence-corrected chi connectivity index (χ0v) is 15.7. The van der Waals surface area contributed by atoms with Gasteiger partial charge in [-0.05, 0) is 49.2 Å². The molecular weight excluding hydrogens is 353 g/mol. The quantitative estimate of drug-likeness (QED) is 0.530. The molecule has 28 heavy (non-hydrogen) atoms. The Kier molecular flexibility index (Phi) is 5.71. The first-order valence-corrected chi connectivity index (χ1v) is 8.89. The zero-order valence-electron chi connectivity index (χ0n) is 15.7. The van der Waals surface area contributed by atoms with Crippen LogP contribution in [0.5, 0.6) is 0 Å². The fraction of sp³-hybridized carbons (Fsp3) is 0.130. The number of aryl methyl sites for hydroxylation is 1. The second kappa shape index (κ2) is 8.36. The van der Waals surface area contributed by atoms with Gasteiger partial charge < -0.3 is 9.88 Å². The third-order valence-electron chi connectivity index (χ3n) is 4.52. The largest absolute Gasteiger partial charge is 0.347 e. The van der Waals surface area contributed by atoms with Crippen molar-refractivity contribution in [3.05, 3.63) is 94.6 Å². The van der Waals surface area contributed by atoms with Gasteiger partial charge in [-0.25, -0.2) is 4.39 Å². The summed E-state index contributed by atoms with van der Waals surface area (Å²) in [7, 11) is 0. The summed E-state index contributed by atoms with van der Waals surface area (Å²) in [6, 6.07) is 19.8. The van der Waals surface area contributed by atoms with Crippen LogP contribution >= 0.6 is 0 Å². The minimum Gasteiger partial charge on any atom is -0.347 e. The summed E-state index contributed by atoms with van der Waals surface area (Å²) < 4.78 is 16.0. The van der Waals surface area contributed by atoms with Gasteiger partial charge in [0.2, 0.25) is 0 Å². The van der Waals surface area contributed by atoms with Crippen molar-refractivity contribution in [2.24, 2.45) is 0 Å². The molecule has 3 rings (SSSR count). The minimum atomic E-state index is -0.443. The molecular formula is C23H20FN3O. The zero-order chi connectivity index (χ0) is 20.1. The number of amides is 1. The van der Waals surface area contributed by atoms with E-state index in [0.29, 0.717) is 17.8 Å². The van der Waals surface area contributed by atoms with Gasteiger partial charge in [0, 0.05) is 17.9 Å². The molecule has 1 N–H and O–H groups in total. The molecule has 0 atom stereocenters. The van der Waals surface area contributed by atoms with E-state index in [1.54, 1.807) is 28.8 Å². The maximum Gasteiger partial charge on any atom is 0.262 e. The van der Waals surface area contributed by atoms with E-state index in [1.165, 1.54) is 6.07 Å². The first-order chi connectivity index (χ1) is 13.5. The lowest BCUT2D eigenvalue weighted by molar-refractivity contribution is -0.117. The number of carbonyl (C=O) groups is 1. The predicted molar refractivity (Wildman–Crippen MR) is 107 cm³/mol. The van der Waals surface area contributed by atoms with Crippen molar-refractivity contribution in [2.45, 2.75) is 20.4 Å². The number of hydrogen-bond acceptors (Lipinski definition) is 2. The fourth-order valence-electron chi connectivity index (χ4n) is 3.12. The molecule has 2 aromatic carbocycles. The number of carbonyl (C=O) groups excluding carboxylic acids is 1. The Morgan fingerprint density at radius 1 is 1.14 bits per heavy atom. The highest BCUT2D eigenvalue weighted by Crippen LogP contribution is 2.24. The van der Waals surface area contributed by atoms with Gasteiger partial charge in [-0.3, -0.25) is 4.79 Å². The molecule has 0 fully saturated rings. The standard InChI is InChI=1S/C23H20FN3O/c1-16-12-19(17(2)27(16)22-11-7-6-10-21(22)24)13-20(14-25)23(28)26-15-18-8-4-3-5-9-18/h3-13H,15H2,1-2H3,(H,26,28)/b20-13-. The van der Waals surface area contributed by atoms with Crippen LogP contribution in [0.3, 0.4) is 0 Å². The van der Waals surface area contributed by atoms with E-state index in [1.807, 2.05) is 56.3 Å². The molecule has 140 valence electrons. The summed E-state index contributed by atoms with van der Waals surface area (Å²) in [5.41, 5.74) is 3.66. The molecule has 0 unspecified atom stereocenters. The van der Waals surface area contributed by atoms with Crippen LogP contribution in [0.15, 0.2) is 66.2 Å². The number of nitriles is 1. The van der Waals surface area contributed by atoms with E-state index in [9.17, 15) is 14.4 Å². The van der Waals surface area contributed by atoms with E-state index in [2.05, 4.69) is 5.32 Å². The molecule has 0 saturated carbocycles. The highest BCUT2D eigenvalue weighted by atomic mass is 19.1. The number of halogens is 1. The summed E-state index contributed by atoms with van der Waals surface area (Å²) in [6.45, 7) is 4.04. The summed E-state index contributed by atoms with van der Waals surface area (Å²) in [6.07, 6.45) is 1.54. The molecule has 3 aromatic rings. The lowest BCUT2D eigenvalue weighted by Crippen LogP contribution is -2.23. The molecule has 0 aliphatic rings. The third kappa shape index (κ3) is 4.02. The van der Waals surface area contributed by atoms with Crippen molar-refractivity contribution in [3.63, 3.8) is 0 Å². The SMILES string of the molecule is Cc1cc(/C=C(/C#N)C(=O)NCc2ccccc2)c(C)n1-c1ccccc1F. The van der Waals surface area contributed by atoms with Crippen molar-refractivity contribution < 1.29 is 9.18 Å². The van der Waals surface area contributed by atoms with Crippen molar-refractivity contribution in [3.8, 4) is 11.8 Å². The molecule has 0 bridgehead atoms. The van der Waals surface area contributed by atoms with Crippen LogP contribution in [0.25, 0.3) is 11.8 Å². The van der Waals surface area contributed by atoms with Crippen molar-refractivity contribution in [1.82, 2.24) is 9.88 Å². The Bertz CT molecular complexity index is 1070. The minimum absolute atomic E-state index is 0.00437. The molecule has 0 saturated heterocycles. The highest BCUT2D eigenvalue weighted by Gasteiger charge is 2.15. The topological polar surface area (TPSA) is 57.8 Å². The average Bonchev–Trinajstić information content (AvgIpc) is 2.98. The van der Waals surface area contributed by atoms with Gasteiger partial charge in [0.1, 0.15) is 17.5 Å². The number of para-hydroxylation sites is 1. The highest BCUT2D eigenvalue weighted by molar-refractivity contribution is 6.01. The van der Waals surface area contributed by atoms with Crippen molar-refractivity contribution in [1.29, 1.82) is 5.26 Å². The Balaban J connectivity index is 1.87.